The Balaban J connectivity index is 1.95. The highest BCUT2D eigenvalue weighted by molar-refractivity contribution is 9.10. The lowest BCUT2D eigenvalue weighted by Gasteiger charge is -2.13. The summed E-state index contributed by atoms with van der Waals surface area (Å²) in [7, 11) is 0. The largest absolute Gasteiger partial charge is 0.503 e. The van der Waals surface area contributed by atoms with Gasteiger partial charge in [-0.15, -0.1) is 0 Å². The second kappa shape index (κ2) is 7.59. The van der Waals surface area contributed by atoms with Gasteiger partial charge >= 0.3 is 0 Å². The number of hydrogen-bond acceptors (Lipinski definition) is 5. The van der Waals surface area contributed by atoms with E-state index >= 15 is 0 Å². The molecule has 0 aliphatic carbocycles. The highest BCUT2D eigenvalue weighted by atomic mass is 79.9. The summed E-state index contributed by atoms with van der Waals surface area (Å²) in [5.41, 5.74) is 1.48. The summed E-state index contributed by atoms with van der Waals surface area (Å²) in [5.74, 6) is 0.237. The molecule has 1 fully saturated rings. The molecule has 1 saturated heterocycles. The van der Waals surface area contributed by atoms with Crippen molar-refractivity contribution in [3.8, 4) is 11.5 Å². The van der Waals surface area contributed by atoms with Gasteiger partial charge in [0.1, 0.15) is 0 Å². The smallest absolute Gasteiger partial charge is 0.270 e. The molecule has 1 N–H and O–H groups in total. The van der Waals surface area contributed by atoms with E-state index in [9.17, 15) is 9.90 Å². The Labute approximate surface area is 163 Å². The molecule has 7 heteroatoms. The molecule has 0 bridgehead atoms. The van der Waals surface area contributed by atoms with Gasteiger partial charge in [-0.1, -0.05) is 42.2 Å². The summed E-state index contributed by atoms with van der Waals surface area (Å²) >= 11 is 9.92. The molecule has 2 aromatic carbocycles. The van der Waals surface area contributed by atoms with Crippen LogP contribution in [0.15, 0.2) is 51.8 Å². The van der Waals surface area contributed by atoms with Gasteiger partial charge in [-0.3, -0.25) is 9.69 Å². The molecule has 1 heterocycles. The van der Waals surface area contributed by atoms with Crippen LogP contribution in [-0.2, 0) is 4.79 Å². The van der Waals surface area contributed by atoms with Gasteiger partial charge < -0.3 is 9.84 Å². The fourth-order valence-electron chi connectivity index (χ4n) is 2.36. The minimum absolute atomic E-state index is 0.0378. The van der Waals surface area contributed by atoms with Crippen LogP contribution in [-0.4, -0.2) is 21.9 Å². The molecule has 1 amide bonds. The van der Waals surface area contributed by atoms with Crippen molar-refractivity contribution in [1.29, 1.82) is 0 Å². The van der Waals surface area contributed by atoms with E-state index in [0.717, 1.165) is 11.3 Å². The topological polar surface area (TPSA) is 49.8 Å². The number of nitrogens with zero attached hydrogens (tertiary/aromatic N) is 1. The third-order valence-electron chi connectivity index (χ3n) is 3.46. The molecule has 0 saturated carbocycles. The van der Waals surface area contributed by atoms with Gasteiger partial charge in [-0.25, -0.2) is 0 Å². The minimum atomic E-state index is -0.164. The van der Waals surface area contributed by atoms with Crippen molar-refractivity contribution in [3.05, 3.63) is 57.4 Å². The molecule has 1 aliphatic rings. The van der Waals surface area contributed by atoms with E-state index in [1.165, 1.54) is 16.7 Å². The first kappa shape index (κ1) is 18.0. The number of phenols is 1. The number of hydrogen-bond donors (Lipinski definition) is 1. The number of phenolic OH excluding ortho intramolecular Hbond substituents is 1. The van der Waals surface area contributed by atoms with Gasteiger partial charge in [0.2, 0.25) is 0 Å². The van der Waals surface area contributed by atoms with E-state index in [4.69, 9.17) is 17.0 Å². The average Bonchev–Trinajstić information content (AvgIpc) is 2.87. The van der Waals surface area contributed by atoms with Gasteiger partial charge in [0.15, 0.2) is 15.8 Å². The predicted octanol–water partition coefficient (Wildman–Crippen LogP) is 4.96. The van der Waals surface area contributed by atoms with Crippen LogP contribution in [0.2, 0.25) is 0 Å². The second-order valence-corrected chi connectivity index (χ2v) is 7.67. The first-order valence-electron chi connectivity index (χ1n) is 7.49. The zero-order valence-corrected chi connectivity index (χ0v) is 16.5. The van der Waals surface area contributed by atoms with Crippen molar-refractivity contribution in [2.45, 2.75) is 6.92 Å². The van der Waals surface area contributed by atoms with Crippen LogP contribution in [0.3, 0.4) is 0 Å². The molecule has 0 unspecified atom stereocenters. The van der Waals surface area contributed by atoms with Crippen LogP contribution in [0.5, 0.6) is 11.5 Å². The Morgan fingerprint density at radius 2 is 2.04 bits per heavy atom. The second-order valence-electron chi connectivity index (χ2n) is 5.14. The van der Waals surface area contributed by atoms with Crippen molar-refractivity contribution < 1.29 is 14.6 Å². The normalized spacial score (nSPS) is 15.9. The van der Waals surface area contributed by atoms with Crippen molar-refractivity contribution in [3.63, 3.8) is 0 Å². The van der Waals surface area contributed by atoms with Gasteiger partial charge in [0.05, 0.1) is 21.7 Å². The zero-order valence-electron chi connectivity index (χ0n) is 13.2. The van der Waals surface area contributed by atoms with E-state index in [2.05, 4.69) is 15.9 Å². The first-order valence-corrected chi connectivity index (χ1v) is 9.51. The summed E-state index contributed by atoms with van der Waals surface area (Å²) in [6.07, 6.45) is 1.74. The molecule has 0 atom stereocenters. The number of amides is 1. The van der Waals surface area contributed by atoms with E-state index in [1.807, 2.05) is 37.3 Å². The zero-order chi connectivity index (χ0) is 18.0. The molecule has 0 radical (unpaired) electrons. The van der Waals surface area contributed by atoms with Crippen molar-refractivity contribution >= 4 is 61.9 Å². The standard InChI is InChI=1S/C18H14BrNO3S2/c1-2-23-14-9-11(8-13(19)16(14)21)10-15-17(22)20(18(24)25-15)12-6-4-3-5-7-12/h3-10,21H,2H2,1H3/b15-10+. The van der Waals surface area contributed by atoms with Gasteiger partial charge in [-0.2, -0.15) is 0 Å². The number of carbonyl (C=O) groups excluding carboxylic acids is 1. The Hall–Kier alpha value is -1.83. The molecule has 128 valence electrons. The van der Waals surface area contributed by atoms with Gasteiger partial charge in [0, 0.05) is 0 Å². The fourth-order valence-corrected chi connectivity index (χ4v) is 4.12. The molecular formula is C18H14BrNO3S2. The number of carbonyl (C=O) groups is 1. The van der Waals surface area contributed by atoms with Crippen LogP contribution >= 0.6 is 39.9 Å². The van der Waals surface area contributed by atoms with E-state index in [-0.39, 0.29) is 11.7 Å². The van der Waals surface area contributed by atoms with Crippen molar-refractivity contribution in [1.82, 2.24) is 0 Å². The van der Waals surface area contributed by atoms with Crippen LogP contribution < -0.4 is 9.64 Å². The lowest BCUT2D eigenvalue weighted by molar-refractivity contribution is -0.113. The molecule has 4 nitrogen and oxygen atoms in total. The minimum Gasteiger partial charge on any atom is -0.503 e. The predicted molar refractivity (Wildman–Crippen MR) is 109 cm³/mol. The first-order chi connectivity index (χ1) is 12.0. The number of thiocarbonyl (C=S) groups is 1. The summed E-state index contributed by atoms with van der Waals surface area (Å²) in [6, 6.07) is 12.7. The van der Waals surface area contributed by atoms with E-state index < -0.39 is 0 Å². The molecule has 2 aromatic rings. The number of benzene rings is 2. The Bertz CT molecular complexity index is 868. The third kappa shape index (κ3) is 3.73. The van der Waals surface area contributed by atoms with Crippen LogP contribution in [0, 0.1) is 0 Å². The SMILES string of the molecule is CCOc1cc(/C=C2/SC(=S)N(c3ccccc3)C2=O)cc(Br)c1O. The Kier molecular flexibility index (Phi) is 5.46. The monoisotopic (exact) mass is 435 g/mol. The number of halogens is 1. The maximum absolute atomic E-state index is 12.7. The number of thioether (sulfide) groups is 1. The fraction of sp³-hybridized carbons (Fsp3) is 0.111. The lowest BCUT2D eigenvalue weighted by atomic mass is 10.2. The van der Waals surface area contributed by atoms with Gasteiger partial charge in [0.25, 0.3) is 5.91 Å². The molecule has 3 rings (SSSR count). The molecule has 0 aromatic heterocycles. The number of rotatable bonds is 4. The summed E-state index contributed by atoms with van der Waals surface area (Å²) in [6.45, 7) is 2.27. The highest BCUT2D eigenvalue weighted by Crippen LogP contribution is 2.39. The molecular weight excluding hydrogens is 422 g/mol. The maximum Gasteiger partial charge on any atom is 0.270 e. The van der Waals surface area contributed by atoms with Gasteiger partial charge in [-0.05, 0) is 58.8 Å². The average molecular weight is 436 g/mol. The number of aromatic hydroxyl groups is 1. The quantitative estimate of drug-likeness (QED) is 0.543. The summed E-state index contributed by atoms with van der Waals surface area (Å²) in [4.78, 5) is 14.8. The van der Waals surface area contributed by atoms with E-state index in [0.29, 0.717) is 26.1 Å². The number of para-hydroxylation sites is 1. The maximum atomic E-state index is 12.7. The Morgan fingerprint density at radius 3 is 2.72 bits per heavy atom. The summed E-state index contributed by atoms with van der Waals surface area (Å²) < 4.78 is 6.42. The lowest BCUT2D eigenvalue weighted by Crippen LogP contribution is -2.27. The third-order valence-corrected chi connectivity index (χ3v) is 5.36. The number of ether oxygens (including phenoxy) is 1. The van der Waals surface area contributed by atoms with Crippen molar-refractivity contribution in [2.75, 3.05) is 11.5 Å². The van der Waals surface area contributed by atoms with Crippen LogP contribution in [0.25, 0.3) is 6.08 Å². The number of anilines is 1. The summed E-state index contributed by atoms with van der Waals surface area (Å²) in [5, 5.41) is 10.0. The molecule has 0 spiro atoms. The molecule has 25 heavy (non-hydrogen) atoms. The van der Waals surface area contributed by atoms with Crippen LogP contribution in [0.1, 0.15) is 12.5 Å². The molecule has 1 aliphatic heterocycles. The Morgan fingerprint density at radius 1 is 1.32 bits per heavy atom. The highest BCUT2D eigenvalue weighted by Gasteiger charge is 2.33. The van der Waals surface area contributed by atoms with E-state index in [1.54, 1.807) is 18.2 Å². The van der Waals surface area contributed by atoms with Crippen molar-refractivity contribution in [2.24, 2.45) is 0 Å². The van der Waals surface area contributed by atoms with Crippen LogP contribution in [0.4, 0.5) is 5.69 Å².